The Morgan fingerprint density at radius 2 is 1.80 bits per heavy atom. The second kappa shape index (κ2) is 8.99. The summed E-state index contributed by atoms with van der Waals surface area (Å²) in [5.41, 5.74) is 2.52. The molecule has 5 heteroatoms. The predicted octanol–water partition coefficient (Wildman–Crippen LogP) is 3.40. The van der Waals surface area contributed by atoms with Crippen LogP contribution in [0.15, 0.2) is 24.3 Å². The van der Waals surface area contributed by atoms with E-state index in [1.54, 1.807) is 0 Å². The Morgan fingerprint density at radius 1 is 1.16 bits per heavy atom. The van der Waals surface area contributed by atoms with Gasteiger partial charge in [-0.05, 0) is 43.2 Å². The standard InChI is InChI=1S/C20H31N3O2/c1-5-15(4)21-20(25)22-19(24)13-23(18-10-11-18)12-16-6-8-17(9-7-16)14(2)3/h6-9,14-15,18H,5,10-13H2,1-4H3,(H2,21,22,24,25)/t15-/m0/s1. The van der Waals surface area contributed by atoms with Crippen molar-refractivity contribution in [2.24, 2.45) is 0 Å². The van der Waals surface area contributed by atoms with Crippen LogP contribution in [0.2, 0.25) is 0 Å². The molecule has 1 saturated carbocycles. The minimum Gasteiger partial charge on any atom is -0.335 e. The molecule has 2 N–H and O–H groups in total. The van der Waals surface area contributed by atoms with E-state index in [9.17, 15) is 9.59 Å². The minimum absolute atomic E-state index is 0.0619. The smallest absolute Gasteiger partial charge is 0.321 e. The summed E-state index contributed by atoms with van der Waals surface area (Å²) >= 11 is 0. The summed E-state index contributed by atoms with van der Waals surface area (Å²) in [6.45, 7) is 9.27. The normalized spacial score (nSPS) is 15.3. The van der Waals surface area contributed by atoms with E-state index >= 15 is 0 Å². The van der Waals surface area contributed by atoms with Crippen LogP contribution in [0.5, 0.6) is 0 Å². The Labute approximate surface area is 151 Å². The molecule has 0 saturated heterocycles. The summed E-state index contributed by atoms with van der Waals surface area (Å²) in [6.07, 6.45) is 3.08. The molecule has 2 rings (SSSR count). The minimum atomic E-state index is -0.406. The van der Waals surface area contributed by atoms with Gasteiger partial charge < -0.3 is 5.32 Å². The van der Waals surface area contributed by atoms with Crippen molar-refractivity contribution in [3.63, 3.8) is 0 Å². The number of hydrogen-bond donors (Lipinski definition) is 2. The maximum atomic E-state index is 12.2. The fraction of sp³-hybridized carbons (Fsp3) is 0.600. The molecule has 1 aliphatic carbocycles. The van der Waals surface area contributed by atoms with E-state index in [1.165, 1.54) is 11.1 Å². The van der Waals surface area contributed by atoms with Crippen LogP contribution in [0.3, 0.4) is 0 Å². The van der Waals surface area contributed by atoms with E-state index in [1.807, 2.05) is 13.8 Å². The van der Waals surface area contributed by atoms with Crippen LogP contribution in [0, 0.1) is 0 Å². The van der Waals surface area contributed by atoms with E-state index in [-0.39, 0.29) is 18.5 Å². The zero-order valence-electron chi connectivity index (χ0n) is 15.8. The summed E-state index contributed by atoms with van der Waals surface area (Å²) in [7, 11) is 0. The summed E-state index contributed by atoms with van der Waals surface area (Å²) in [5, 5.41) is 5.19. The van der Waals surface area contributed by atoms with Crippen molar-refractivity contribution >= 4 is 11.9 Å². The third kappa shape index (κ3) is 6.50. The zero-order valence-corrected chi connectivity index (χ0v) is 15.8. The summed E-state index contributed by atoms with van der Waals surface area (Å²) in [4.78, 5) is 26.1. The average Bonchev–Trinajstić information content (AvgIpc) is 3.39. The second-order valence-corrected chi connectivity index (χ2v) is 7.36. The van der Waals surface area contributed by atoms with Gasteiger partial charge in [0.1, 0.15) is 0 Å². The van der Waals surface area contributed by atoms with E-state index in [0.717, 1.165) is 25.8 Å². The lowest BCUT2D eigenvalue weighted by Gasteiger charge is -2.22. The number of hydrogen-bond acceptors (Lipinski definition) is 3. The van der Waals surface area contributed by atoms with Gasteiger partial charge in [0.25, 0.3) is 0 Å². The molecular formula is C20H31N3O2. The first kappa shape index (κ1) is 19.4. The molecule has 138 valence electrons. The highest BCUT2D eigenvalue weighted by molar-refractivity contribution is 5.95. The van der Waals surface area contributed by atoms with Gasteiger partial charge in [0.15, 0.2) is 0 Å². The number of benzene rings is 1. The SMILES string of the molecule is CC[C@H](C)NC(=O)NC(=O)CN(Cc1ccc(C(C)C)cc1)C1CC1. The molecular weight excluding hydrogens is 314 g/mol. The maximum Gasteiger partial charge on any atom is 0.321 e. The van der Waals surface area contributed by atoms with Gasteiger partial charge in [-0.25, -0.2) is 4.79 Å². The van der Waals surface area contributed by atoms with Gasteiger partial charge in [-0.1, -0.05) is 45.0 Å². The molecule has 1 aromatic carbocycles. The van der Waals surface area contributed by atoms with Crippen molar-refractivity contribution in [3.05, 3.63) is 35.4 Å². The molecule has 1 atom stereocenters. The number of amides is 3. The molecule has 0 aromatic heterocycles. The lowest BCUT2D eigenvalue weighted by Crippen LogP contribution is -2.47. The number of carbonyl (C=O) groups is 2. The maximum absolute atomic E-state index is 12.2. The van der Waals surface area contributed by atoms with Crippen molar-refractivity contribution in [2.45, 2.75) is 71.5 Å². The molecule has 1 aromatic rings. The lowest BCUT2D eigenvalue weighted by atomic mass is 10.0. The van der Waals surface area contributed by atoms with Gasteiger partial charge in [-0.3, -0.25) is 15.0 Å². The monoisotopic (exact) mass is 345 g/mol. The topological polar surface area (TPSA) is 61.4 Å². The molecule has 0 aliphatic heterocycles. The van der Waals surface area contributed by atoms with Crippen molar-refractivity contribution in [1.82, 2.24) is 15.5 Å². The summed E-state index contributed by atoms with van der Waals surface area (Å²) in [6, 6.07) is 8.70. The third-order valence-corrected chi connectivity index (χ3v) is 4.68. The van der Waals surface area contributed by atoms with E-state index < -0.39 is 6.03 Å². The highest BCUT2D eigenvalue weighted by Gasteiger charge is 2.30. The van der Waals surface area contributed by atoms with Gasteiger partial charge in [-0.15, -0.1) is 0 Å². The Kier molecular flexibility index (Phi) is 7.00. The molecule has 0 spiro atoms. The molecule has 25 heavy (non-hydrogen) atoms. The lowest BCUT2D eigenvalue weighted by molar-refractivity contribution is -0.121. The molecule has 0 unspecified atom stereocenters. The van der Waals surface area contributed by atoms with Gasteiger partial charge >= 0.3 is 6.03 Å². The molecule has 1 fully saturated rings. The first-order valence-corrected chi connectivity index (χ1v) is 9.32. The Hall–Kier alpha value is -1.88. The van der Waals surface area contributed by atoms with Crippen LogP contribution in [-0.2, 0) is 11.3 Å². The third-order valence-electron chi connectivity index (χ3n) is 4.68. The fourth-order valence-corrected chi connectivity index (χ4v) is 2.71. The first-order valence-electron chi connectivity index (χ1n) is 9.32. The van der Waals surface area contributed by atoms with Crippen molar-refractivity contribution in [2.75, 3.05) is 6.54 Å². The van der Waals surface area contributed by atoms with Crippen LogP contribution < -0.4 is 10.6 Å². The molecule has 0 radical (unpaired) electrons. The van der Waals surface area contributed by atoms with Gasteiger partial charge in [0, 0.05) is 18.6 Å². The quantitative estimate of drug-likeness (QED) is 0.759. The van der Waals surface area contributed by atoms with E-state index in [2.05, 4.69) is 53.6 Å². The Bertz CT molecular complexity index is 579. The van der Waals surface area contributed by atoms with Crippen molar-refractivity contribution in [1.29, 1.82) is 0 Å². The number of nitrogens with zero attached hydrogens (tertiary/aromatic N) is 1. The van der Waals surface area contributed by atoms with Crippen molar-refractivity contribution < 1.29 is 9.59 Å². The van der Waals surface area contributed by atoms with Crippen LogP contribution in [0.1, 0.15) is 64.0 Å². The Balaban J connectivity index is 1.88. The van der Waals surface area contributed by atoms with Gasteiger partial charge in [0.05, 0.1) is 6.54 Å². The van der Waals surface area contributed by atoms with Crippen molar-refractivity contribution in [3.8, 4) is 0 Å². The molecule has 3 amide bonds. The summed E-state index contributed by atoms with van der Waals surface area (Å²) in [5.74, 6) is 0.273. The Morgan fingerprint density at radius 3 is 2.32 bits per heavy atom. The van der Waals surface area contributed by atoms with Gasteiger partial charge in [0.2, 0.25) is 5.91 Å². The summed E-state index contributed by atoms with van der Waals surface area (Å²) < 4.78 is 0. The molecule has 0 bridgehead atoms. The van der Waals surface area contributed by atoms with Gasteiger partial charge in [-0.2, -0.15) is 0 Å². The predicted molar refractivity (Wildman–Crippen MR) is 100 cm³/mol. The highest BCUT2D eigenvalue weighted by atomic mass is 16.2. The average molecular weight is 345 g/mol. The largest absolute Gasteiger partial charge is 0.335 e. The molecule has 1 aliphatic rings. The number of carbonyl (C=O) groups excluding carboxylic acids is 2. The first-order chi connectivity index (χ1) is 11.9. The molecule has 0 heterocycles. The fourth-order valence-electron chi connectivity index (χ4n) is 2.71. The molecule has 5 nitrogen and oxygen atoms in total. The second-order valence-electron chi connectivity index (χ2n) is 7.36. The highest BCUT2D eigenvalue weighted by Crippen LogP contribution is 2.28. The van der Waals surface area contributed by atoms with Crippen LogP contribution in [0.25, 0.3) is 0 Å². The zero-order chi connectivity index (χ0) is 18.4. The number of urea groups is 1. The van der Waals surface area contributed by atoms with Crippen LogP contribution in [0.4, 0.5) is 4.79 Å². The van der Waals surface area contributed by atoms with E-state index in [4.69, 9.17) is 0 Å². The number of imide groups is 1. The number of rotatable bonds is 8. The number of nitrogens with one attached hydrogen (secondary N) is 2. The van der Waals surface area contributed by atoms with E-state index in [0.29, 0.717) is 12.0 Å². The van der Waals surface area contributed by atoms with Crippen LogP contribution >= 0.6 is 0 Å². The van der Waals surface area contributed by atoms with Crippen LogP contribution in [-0.4, -0.2) is 35.5 Å².